The topological polar surface area (TPSA) is 59.6 Å². The Morgan fingerprint density at radius 1 is 1.35 bits per heavy atom. The van der Waals surface area contributed by atoms with E-state index < -0.39 is 5.60 Å². The van der Waals surface area contributed by atoms with E-state index in [0.29, 0.717) is 24.6 Å². The number of ether oxygens (including phenoxy) is 2. The van der Waals surface area contributed by atoms with Crippen LogP contribution in [0.15, 0.2) is 0 Å². The Bertz CT molecular complexity index is 353. The fourth-order valence-corrected chi connectivity index (χ4v) is 2.89. The van der Waals surface area contributed by atoms with Crippen molar-refractivity contribution in [2.75, 3.05) is 13.2 Å². The van der Waals surface area contributed by atoms with Gasteiger partial charge in [-0.2, -0.15) is 0 Å². The second kappa shape index (κ2) is 9.48. The van der Waals surface area contributed by atoms with Crippen LogP contribution in [0.2, 0.25) is 0 Å². The number of nitrogens with one attached hydrogen (secondary N) is 2. The molecule has 0 spiro atoms. The Labute approximate surface area is 141 Å². The lowest BCUT2D eigenvalue weighted by atomic mass is 9.94. The molecular formula is C18H36N2O3. The summed E-state index contributed by atoms with van der Waals surface area (Å²) >= 11 is 0. The lowest BCUT2D eigenvalue weighted by Gasteiger charge is -2.35. The molecule has 2 N–H and O–H groups in total. The van der Waals surface area contributed by atoms with E-state index in [-0.39, 0.29) is 12.1 Å². The smallest absolute Gasteiger partial charge is 0.407 e. The van der Waals surface area contributed by atoms with Crippen molar-refractivity contribution in [1.29, 1.82) is 0 Å². The summed E-state index contributed by atoms with van der Waals surface area (Å²) in [7, 11) is 0. The summed E-state index contributed by atoms with van der Waals surface area (Å²) in [5.41, 5.74) is -0.455. The molecule has 0 aromatic carbocycles. The molecular weight excluding hydrogens is 292 g/mol. The minimum absolute atomic E-state index is 0.281. The Morgan fingerprint density at radius 3 is 2.61 bits per heavy atom. The fourth-order valence-electron chi connectivity index (χ4n) is 2.89. The van der Waals surface area contributed by atoms with Gasteiger partial charge in [0.25, 0.3) is 0 Å². The van der Waals surface area contributed by atoms with Crippen LogP contribution in [0, 0.1) is 5.92 Å². The molecule has 0 aromatic heterocycles. The highest BCUT2D eigenvalue weighted by Gasteiger charge is 2.26. The van der Waals surface area contributed by atoms with Crippen molar-refractivity contribution in [3.05, 3.63) is 0 Å². The Kier molecular flexibility index (Phi) is 8.34. The molecule has 136 valence electrons. The number of carbonyl (C=O) groups is 1. The highest BCUT2D eigenvalue weighted by Crippen LogP contribution is 2.20. The van der Waals surface area contributed by atoms with Gasteiger partial charge in [-0.1, -0.05) is 27.2 Å². The normalized spacial score (nSPS) is 23.6. The van der Waals surface area contributed by atoms with E-state index in [1.807, 2.05) is 20.8 Å². The van der Waals surface area contributed by atoms with Crippen molar-refractivity contribution in [2.45, 2.75) is 91.0 Å². The first kappa shape index (κ1) is 20.2. The highest BCUT2D eigenvalue weighted by molar-refractivity contribution is 5.67. The minimum atomic E-state index is -0.455. The van der Waals surface area contributed by atoms with E-state index in [1.54, 1.807) is 0 Å². The van der Waals surface area contributed by atoms with Crippen molar-refractivity contribution in [1.82, 2.24) is 10.6 Å². The molecule has 1 heterocycles. The SMILES string of the molecule is CCCC(CNC(=O)OC(C)(C)C)NC1CCOC(C(C)C)C1. The molecule has 1 saturated heterocycles. The number of alkyl carbamates (subject to hydrolysis) is 1. The van der Waals surface area contributed by atoms with Crippen molar-refractivity contribution < 1.29 is 14.3 Å². The summed E-state index contributed by atoms with van der Waals surface area (Å²) < 4.78 is 11.1. The molecule has 0 aromatic rings. The molecule has 1 amide bonds. The van der Waals surface area contributed by atoms with Crippen LogP contribution < -0.4 is 10.6 Å². The van der Waals surface area contributed by atoms with E-state index >= 15 is 0 Å². The highest BCUT2D eigenvalue weighted by atomic mass is 16.6. The zero-order valence-electron chi connectivity index (χ0n) is 15.8. The monoisotopic (exact) mass is 328 g/mol. The number of amides is 1. The van der Waals surface area contributed by atoms with Crippen molar-refractivity contribution in [3.8, 4) is 0 Å². The van der Waals surface area contributed by atoms with E-state index in [1.165, 1.54) is 0 Å². The molecule has 0 aliphatic carbocycles. The van der Waals surface area contributed by atoms with Gasteiger partial charge in [0.2, 0.25) is 0 Å². The molecule has 5 heteroatoms. The van der Waals surface area contributed by atoms with Crippen LogP contribution in [0.5, 0.6) is 0 Å². The van der Waals surface area contributed by atoms with Crippen LogP contribution in [-0.2, 0) is 9.47 Å². The van der Waals surface area contributed by atoms with Gasteiger partial charge in [0.05, 0.1) is 6.10 Å². The lowest BCUT2D eigenvalue weighted by Crippen LogP contribution is -2.49. The van der Waals surface area contributed by atoms with Crippen molar-refractivity contribution in [2.24, 2.45) is 5.92 Å². The molecule has 5 nitrogen and oxygen atoms in total. The van der Waals surface area contributed by atoms with Crippen molar-refractivity contribution in [3.63, 3.8) is 0 Å². The van der Waals surface area contributed by atoms with Crippen LogP contribution in [0.25, 0.3) is 0 Å². The fraction of sp³-hybridized carbons (Fsp3) is 0.944. The molecule has 0 radical (unpaired) electrons. The van der Waals surface area contributed by atoms with Gasteiger partial charge in [-0.3, -0.25) is 0 Å². The van der Waals surface area contributed by atoms with Crippen LogP contribution >= 0.6 is 0 Å². The summed E-state index contributed by atoms with van der Waals surface area (Å²) in [5, 5.41) is 6.60. The van der Waals surface area contributed by atoms with E-state index in [2.05, 4.69) is 31.4 Å². The minimum Gasteiger partial charge on any atom is -0.444 e. The Hall–Kier alpha value is -0.810. The second-order valence-corrected chi connectivity index (χ2v) is 7.91. The number of rotatable bonds is 7. The zero-order valence-corrected chi connectivity index (χ0v) is 15.8. The zero-order chi connectivity index (χ0) is 17.5. The third-order valence-electron chi connectivity index (χ3n) is 4.06. The number of hydrogen-bond acceptors (Lipinski definition) is 4. The van der Waals surface area contributed by atoms with Gasteiger partial charge >= 0.3 is 6.09 Å². The molecule has 1 fully saturated rings. The number of hydrogen-bond donors (Lipinski definition) is 2. The van der Waals surface area contributed by atoms with Gasteiger partial charge in [-0.15, -0.1) is 0 Å². The molecule has 1 rings (SSSR count). The maximum atomic E-state index is 11.8. The molecule has 0 saturated carbocycles. The van der Waals surface area contributed by atoms with Gasteiger partial charge < -0.3 is 20.1 Å². The van der Waals surface area contributed by atoms with Gasteiger partial charge in [0, 0.05) is 25.2 Å². The summed E-state index contributed by atoms with van der Waals surface area (Å²) in [6.45, 7) is 13.6. The van der Waals surface area contributed by atoms with E-state index in [9.17, 15) is 4.79 Å². The standard InChI is InChI=1S/C18H36N2O3/c1-7-8-15(12-19-17(21)23-18(4,5)6)20-14-9-10-22-16(11-14)13(2)3/h13-16,20H,7-12H2,1-6H3,(H,19,21). The van der Waals surface area contributed by atoms with E-state index in [0.717, 1.165) is 32.3 Å². The van der Waals surface area contributed by atoms with Gasteiger partial charge in [-0.25, -0.2) is 4.79 Å². The molecule has 1 aliphatic heterocycles. The van der Waals surface area contributed by atoms with E-state index in [4.69, 9.17) is 9.47 Å². The maximum absolute atomic E-state index is 11.8. The lowest BCUT2D eigenvalue weighted by molar-refractivity contribution is -0.0261. The number of carbonyl (C=O) groups excluding carboxylic acids is 1. The van der Waals surface area contributed by atoms with Gasteiger partial charge in [0.1, 0.15) is 5.60 Å². The molecule has 23 heavy (non-hydrogen) atoms. The summed E-state index contributed by atoms with van der Waals surface area (Å²) in [6.07, 6.45) is 4.21. The Morgan fingerprint density at radius 2 is 2.04 bits per heavy atom. The average molecular weight is 328 g/mol. The first-order chi connectivity index (χ1) is 10.7. The average Bonchev–Trinajstić information content (AvgIpc) is 2.43. The second-order valence-electron chi connectivity index (χ2n) is 7.91. The van der Waals surface area contributed by atoms with Gasteiger partial charge in [-0.05, 0) is 46.0 Å². The predicted molar refractivity (Wildman–Crippen MR) is 93.7 cm³/mol. The molecule has 0 bridgehead atoms. The summed E-state index contributed by atoms with van der Waals surface area (Å²) in [4.78, 5) is 11.8. The van der Waals surface area contributed by atoms with Crippen molar-refractivity contribution >= 4 is 6.09 Å². The first-order valence-corrected chi connectivity index (χ1v) is 9.05. The molecule has 3 unspecified atom stereocenters. The molecule has 3 atom stereocenters. The quantitative estimate of drug-likeness (QED) is 0.751. The largest absolute Gasteiger partial charge is 0.444 e. The first-order valence-electron chi connectivity index (χ1n) is 9.05. The summed E-state index contributed by atoms with van der Waals surface area (Å²) in [5.74, 6) is 0.545. The predicted octanol–water partition coefficient (Wildman–Crippen LogP) is 3.47. The third kappa shape index (κ3) is 8.56. The summed E-state index contributed by atoms with van der Waals surface area (Å²) in [6, 6.07) is 0.747. The van der Waals surface area contributed by atoms with Crippen LogP contribution in [0.4, 0.5) is 4.79 Å². The Balaban J connectivity index is 2.43. The van der Waals surface area contributed by atoms with Crippen LogP contribution in [0.1, 0.15) is 67.2 Å². The maximum Gasteiger partial charge on any atom is 0.407 e. The van der Waals surface area contributed by atoms with Crippen LogP contribution in [0.3, 0.4) is 0 Å². The van der Waals surface area contributed by atoms with Crippen LogP contribution in [-0.4, -0.2) is 43.0 Å². The van der Waals surface area contributed by atoms with Gasteiger partial charge in [0.15, 0.2) is 0 Å². The third-order valence-corrected chi connectivity index (χ3v) is 4.06. The molecule has 1 aliphatic rings.